The van der Waals surface area contributed by atoms with Crippen molar-refractivity contribution in [2.24, 2.45) is 0 Å². The van der Waals surface area contributed by atoms with Crippen LogP contribution in [0.3, 0.4) is 0 Å². The average molecular weight is 1890 g/mol. The van der Waals surface area contributed by atoms with Crippen molar-refractivity contribution in [1.82, 2.24) is 44.9 Å². The van der Waals surface area contributed by atoms with Crippen molar-refractivity contribution in [2.45, 2.75) is 19.3 Å². The van der Waals surface area contributed by atoms with E-state index in [1.54, 1.807) is 11.3 Å². The van der Waals surface area contributed by atoms with Crippen LogP contribution in [0, 0.1) is 0 Å². The van der Waals surface area contributed by atoms with Gasteiger partial charge in [0.05, 0.1) is 0 Å². The molecule has 1 aliphatic carbocycles. The van der Waals surface area contributed by atoms with Crippen molar-refractivity contribution in [2.75, 3.05) is 0 Å². The van der Waals surface area contributed by atoms with Crippen LogP contribution >= 0.6 is 22.7 Å². The standard InChI is InChI=1S/C46H31N3O.C43H27N3O.C43H25N3S2/c1-46(2)39-17-8-6-15-35(39)36-22-21-33(26-40(36)46)45-48-43(28-11-4-3-5-12-28)47-44(49-45)32-14-10-13-29(23-32)30-19-20-31-27-42-38(25-34(31)24-30)37-16-7-9-18-41(37)50-42;1-3-12-28(13-4-1)41-44-42(29-14-5-2-6-15-29)46-43(45-41)34-20-10-17-31(25-34)30-16-9-18-32(24-30)35-22-11-19-33-26-40-38(27-37(33)35)36-21-7-8-23-39(36)47-40;1-2-10-26(11-3-1)41-44-42(46-43(45-41)30-20-21-34-32-15-4-6-18-37(32)47-39(34)24-30)29-14-8-12-27(22-29)31-17-9-13-28-23-36-33-16-5-7-19-38(33)48-40(36)25-35(28)31/h3-27H,1-2H3;1-27H;1-25H. The topological polar surface area (TPSA) is 142 Å². The highest BCUT2D eigenvalue weighted by Crippen LogP contribution is 2.51. The molecule has 0 N–H and O–H groups in total. The van der Waals surface area contributed by atoms with Crippen molar-refractivity contribution >= 4 is 139 Å². The molecule has 0 bridgehead atoms. The van der Waals surface area contributed by atoms with E-state index >= 15 is 0 Å². The first-order valence-corrected chi connectivity index (χ1v) is 50.3. The zero-order valence-corrected chi connectivity index (χ0v) is 80.2. The fourth-order valence-corrected chi connectivity index (χ4v) is 23.1. The third-order valence-corrected chi connectivity index (χ3v) is 30.4. The number of rotatable bonds is 13. The van der Waals surface area contributed by atoms with Crippen molar-refractivity contribution < 1.29 is 8.83 Å². The molecule has 0 saturated carbocycles. The number of para-hydroxylation sites is 2. The Bertz CT molecular complexity index is 9980. The summed E-state index contributed by atoms with van der Waals surface area (Å²) in [5.41, 5.74) is 26.4. The van der Waals surface area contributed by atoms with Gasteiger partial charge in [0.15, 0.2) is 52.4 Å². The quantitative estimate of drug-likeness (QED) is 0.109. The maximum atomic E-state index is 6.18. The van der Waals surface area contributed by atoms with Gasteiger partial charge in [0.1, 0.15) is 22.3 Å². The lowest BCUT2D eigenvalue weighted by atomic mass is 9.82. The van der Waals surface area contributed by atoms with E-state index in [2.05, 4.69) is 360 Å². The number of furan rings is 2. The first kappa shape index (κ1) is 85.6. The lowest BCUT2D eigenvalue weighted by Crippen LogP contribution is -2.15. The number of hydrogen-bond acceptors (Lipinski definition) is 13. The summed E-state index contributed by atoms with van der Waals surface area (Å²) in [5, 5.41) is 16.8. The highest BCUT2D eigenvalue weighted by molar-refractivity contribution is 7.26. The van der Waals surface area contributed by atoms with Crippen molar-refractivity contribution in [3.63, 3.8) is 0 Å². The van der Waals surface area contributed by atoms with Crippen LogP contribution in [0.25, 0.3) is 275 Å². The predicted octanol–water partition coefficient (Wildman–Crippen LogP) is 35.6. The monoisotopic (exact) mass is 1890 g/mol. The van der Waals surface area contributed by atoms with Crippen molar-refractivity contribution in [3.05, 3.63) is 478 Å². The molecule has 7 aromatic heterocycles. The van der Waals surface area contributed by atoms with Gasteiger partial charge in [-0.1, -0.05) is 378 Å². The Balaban J connectivity index is 0.000000108. The summed E-state index contributed by atoms with van der Waals surface area (Å²) in [4.78, 5) is 45.1. The summed E-state index contributed by atoms with van der Waals surface area (Å²) in [6.45, 7) is 4.60. The first-order chi connectivity index (χ1) is 71.5. The molecule has 0 saturated heterocycles. The van der Waals surface area contributed by atoms with Crippen LogP contribution in [-0.4, -0.2) is 44.9 Å². The van der Waals surface area contributed by atoms with E-state index in [0.717, 1.165) is 138 Å². The number of benzene rings is 21. The Morgan fingerprint density at radius 1 is 0.159 bits per heavy atom. The molecule has 0 radical (unpaired) electrons. The molecule has 0 unspecified atom stereocenters. The van der Waals surface area contributed by atoms with Crippen LogP contribution < -0.4 is 0 Å². The van der Waals surface area contributed by atoms with Gasteiger partial charge in [-0.15, -0.1) is 22.7 Å². The largest absolute Gasteiger partial charge is 0.456 e. The highest BCUT2D eigenvalue weighted by Gasteiger charge is 2.36. The van der Waals surface area contributed by atoms with Crippen LogP contribution in [0.15, 0.2) is 476 Å². The minimum atomic E-state index is -0.120. The molecule has 0 atom stereocenters. The fourth-order valence-electron chi connectivity index (χ4n) is 20.9. The maximum absolute atomic E-state index is 6.18. The molecular weight excluding hydrogens is 1810 g/mol. The van der Waals surface area contributed by atoms with Crippen LogP contribution in [0.1, 0.15) is 25.0 Å². The second-order valence-corrected chi connectivity index (χ2v) is 39.6. The van der Waals surface area contributed by atoms with E-state index < -0.39 is 0 Å². The van der Waals surface area contributed by atoms with Crippen LogP contribution in [0.2, 0.25) is 0 Å². The van der Waals surface area contributed by atoms with Crippen LogP contribution in [0.4, 0.5) is 0 Å². The van der Waals surface area contributed by atoms with Gasteiger partial charge >= 0.3 is 0 Å². The summed E-state index contributed by atoms with van der Waals surface area (Å²) < 4.78 is 17.5. The molecular formula is C132H83N9O2S2. The van der Waals surface area contributed by atoms with Gasteiger partial charge < -0.3 is 8.83 Å². The van der Waals surface area contributed by atoms with Gasteiger partial charge in [-0.2, -0.15) is 0 Å². The molecule has 0 fully saturated rings. The number of fused-ring (bicyclic) bond motifs is 18. The Labute approximate surface area is 842 Å². The summed E-state index contributed by atoms with van der Waals surface area (Å²) in [7, 11) is 0. The van der Waals surface area contributed by atoms with E-state index in [9.17, 15) is 0 Å². The average Bonchev–Trinajstić information content (AvgIpc) is 1.58. The van der Waals surface area contributed by atoms with Gasteiger partial charge in [0.25, 0.3) is 0 Å². The molecule has 21 aromatic carbocycles. The fraction of sp³-hybridized carbons (Fsp3) is 0.0227. The molecule has 680 valence electrons. The van der Waals surface area contributed by atoms with Crippen LogP contribution in [0.5, 0.6) is 0 Å². The van der Waals surface area contributed by atoms with E-state index in [0.29, 0.717) is 52.4 Å². The Morgan fingerprint density at radius 2 is 0.483 bits per heavy atom. The molecule has 28 aromatic rings. The second-order valence-electron chi connectivity index (χ2n) is 37.4. The van der Waals surface area contributed by atoms with Gasteiger partial charge in [0.2, 0.25) is 0 Å². The zero-order valence-electron chi connectivity index (χ0n) is 78.6. The lowest BCUT2D eigenvalue weighted by molar-refractivity contribution is 0.660. The molecule has 7 heterocycles. The molecule has 0 spiro atoms. The summed E-state index contributed by atoms with van der Waals surface area (Å²) in [5.74, 6) is 5.89. The molecule has 0 aliphatic heterocycles. The van der Waals surface area contributed by atoms with Gasteiger partial charge in [-0.3, -0.25) is 0 Å². The van der Waals surface area contributed by atoms with Gasteiger partial charge in [-0.05, 0) is 202 Å². The van der Waals surface area contributed by atoms with Crippen molar-refractivity contribution in [3.8, 4) is 158 Å². The molecule has 13 heteroatoms. The minimum Gasteiger partial charge on any atom is -0.456 e. The Hall–Kier alpha value is -18.5. The number of aromatic nitrogens is 9. The number of hydrogen-bond donors (Lipinski definition) is 0. The Kier molecular flexibility index (Phi) is 21.1. The minimum absolute atomic E-state index is 0.120. The summed E-state index contributed by atoms with van der Waals surface area (Å²) in [6.07, 6.45) is 0. The van der Waals surface area contributed by atoms with E-state index in [-0.39, 0.29) is 5.41 Å². The molecule has 145 heavy (non-hydrogen) atoms. The third-order valence-electron chi connectivity index (χ3n) is 28.1. The summed E-state index contributed by atoms with van der Waals surface area (Å²) in [6, 6.07) is 164. The van der Waals surface area contributed by atoms with Crippen LogP contribution in [-0.2, 0) is 5.41 Å². The first-order valence-electron chi connectivity index (χ1n) is 48.6. The smallest absolute Gasteiger partial charge is 0.164 e. The van der Waals surface area contributed by atoms with E-state index in [1.165, 1.54) is 95.3 Å². The van der Waals surface area contributed by atoms with Gasteiger partial charge in [0, 0.05) is 117 Å². The van der Waals surface area contributed by atoms with E-state index in [4.69, 9.17) is 53.7 Å². The Morgan fingerprint density at radius 3 is 1.00 bits per heavy atom. The summed E-state index contributed by atoms with van der Waals surface area (Å²) >= 11 is 3.66. The van der Waals surface area contributed by atoms with E-state index in [1.807, 2.05) is 133 Å². The number of nitrogens with zero attached hydrogens (tertiary/aromatic N) is 9. The SMILES string of the molecule is CC1(C)c2ccccc2-c2ccc(-c3nc(-c4ccccc4)nc(-c4cccc(-c5ccc6cc7oc8ccccc8c7cc6c5)c4)n3)cc21.c1ccc(-c2nc(-c3cccc(-c4cccc5cc6c(cc45)sc4ccccc46)c3)nc(-c3ccc4c(c3)sc3ccccc34)n2)cc1.c1ccc(-c2nc(-c3ccccc3)nc(-c3cccc(-c4cccc(-c5cccc6cc7oc8ccccc8c7cc56)c4)c3)n2)cc1. The zero-order chi connectivity index (χ0) is 96.2. The third kappa shape index (κ3) is 15.8. The van der Waals surface area contributed by atoms with Gasteiger partial charge in [-0.25, -0.2) is 44.9 Å². The second kappa shape index (κ2) is 35.7. The predicted molar refractivity (Wildman–Crippen MR) is 601 cm³/mol. The molecule has 11 nitrogen and oxygen atoms in total. The molecule has 1 aliphatic rings. The highest BCUT2D eigenvalue weighted by atomic mass is 32.1. The maximum Gasteiger partial charge on any atom is 0.164 e. The molecule has 0 amide bonds. The normalized spacial score (nSPS) is 12.1. The molecule has 29 rings (SSSR count). The lowest BCUT2D eigenvalue weighted by Gasteiger charge is -2.21. The number of thiophene rings is 2. The van der Waals surface area contributed by atoms with Crippen molar-refractivity contribution in [1.29, 1.82) is 0 Å².